The predicted octanol–water partition coefficient (Wildman–Crippen LogP) is 2.30. The van der Waals surface area contributed by atoms with Gasteiger partial charge in [0, 0.05) is 12.2 Å². The van der Waals surface area contributed by atoms with Crippen molar-refractivity contribution >= 4 is 0 Å². The number of hydrogen-bond acceptors (Lipinski definition) is 3. The maximum atomic E-state index is 5.74. The maximum absolute atomic E-state index is 5.74. The monoisotopic (exact) mass is 259 g/mol. The topological polar surface area (TPSA) is 39.1 Å². The molecule has 0 spiro atoms. The average molecular weight is 259 g/mol. The first kappa shape index (κ1) is 13.6. The van der Waals surface area contributed by atoms with Gasteiger partial charge in [-0.05, 0) is 38.6 Å². The molecule has 0 bridgehead atoms. The van der Waals surface area contributed by atoms with Crippen LogP contribution < -0.4 is 10.1 Å². The molecule has 0 radical (unpaired) electrons. The van der Waals surface area contributed by atoms with E-state index in [9.17, 15) is 0 Å². The highest BCUT2D eigenvalue weighted by Gasteiger charge is 2.01. The molecule has 1 aromatic carbocycles. The van der Waals surface area contributed by atoms with E-state index in [-0.39, 0.29) is 0 Å². The largest absolute Gasteiger partial charge is 0.492 e. The lowest BCUT2D eigenvalue weighted by Gasteiger charge is -2.09. The molecular weight excluding hydrogens is 238 g/mol. The van der Waals surface area contributed by atoms with E-state index in [1.165, 1.54) is 11.3 Å². The van der Waals surface area contributed by atoms with Crippen LogP contribution in [0.4, 0.5) is 0 Å². The number of nitrogens with zero attached hydrogens (tertiary/aromatic N) is 2. The molecule has 1 aromatic heterocycles. The van der Waals surface area contributed by atoms with Crippen molar-refractivity contribution in [3.63, 3.8) is 0 Å². The fraction of sp³-hybridized carbons (Fsp3) is 0.400. The van der Waals surface area contributed by atoms with Gasteiger partial charge >= 0.3 is 0 Å². The van der Waals surface area contributed by atoms with Gasteiger partial charge in [0.1, 0.15) is 12.4 Å². The molecule has 0 fully saturated rings. The number of nitrogens with one attached hydrogen (secondary N) is 1. The van der Waals surface area contributed by atoms with Crippen LogP contribution in [0.5, 0.6) is 5.75 Å². The van der Waals surface area contributed by atoms with E-state index in [2.05, 4.69) is 33.9 Å². The number of imidazole rings is 1. The van der Waals surface area contributed by atoms with Crippen LogP contribution in [-0.2, 0) is 13.1 Å². The number of aryl methyl sites for hydroxylation is 1. The summed E-state index contributed by atoms with van der Waals surface area (Å²) in [6.45, 7) is 6.46. The summed E-state index contributed by atoms with van der Waals surface area (Å²) >= 11 is 0. The van der Waals surface area contributed by atoms with Gasteiger partial charge in [-0.3, -0.25) is 0 Å². The molecule has 0 unspecified atom stereocenters. The quantitative estimate of drug-likeness (QED) is 0.865. The van der Waals surface area contributed by atoms with Gasteiger partial charge in [-0.25, -0.2) is 4.98 Å². The molecule has 0 aliphatic carbocycles. The van der Waals surface area contributed by atoms with E-state index in [0.717, 1.165) is 24.5 Å². The Morgan fingerprint density at radius 2 is 1.95 bits per heavy atom. The molecule has 1 heterocycles. The number of ether oxygens (including phenoxy) is 1. The molecule has 19 heavy (non-hydrogen) atoms. The summed E-state index contributed by atoms with van der Waals surface area (Å²) in [5.41, 5.74) is 3.54. The molecule has 102 valence electrons. The second-order valence-electron chi connectivity index (χ2n) is 4.63. The molecule has 0 atom stereocenters. The lowest BCUT2D eigenvalue weighted by molar-refractivity contribution is 0.297. The zero-order valence-electron chi connectivity index (χ0n) is 11.8. The fourth-order valence-corrected chi connectivity index (χ4v) is 1.94. The standard InChI is InChI=1S/C15H21N3O/c1-12-13(2)18(11-17-12)8-9-19-15-6-4-14(5-7-15)10-16-3/h4-7,11,16H,8-10H2,1-3H3. The van der Waals surface area contributed by atoms with E-state index in [1.807, 2.05) is 32.4 Å². The summed E-state index contributed by atoms with van der Waals surface area (Å²) in [6.07, 6.45) is 1.87. The molecule has 0 amide bonds. The molecule has 1 N–H and O–H groups in total. The molecule has 0 saturated carbocycles. The summed E-state index contributed by atoms with van der Waals surface area (Å²) in [6, 6.07) is 8.19. The summed E-state index contributed by atoms with van der Waals surface area (Å²) < 4.78 is 7.85. The molecule has 0 aliphatic heterocycles. The minimum absolute atomic E-state index is 0.655. The van der Waals surface area contributed by atoms with Gasteiger partial charge < -0.3 is 14.6 Å². The van der Waals surface area contributed by atoms with Crippen LogP contribution in [0.15, 0.2) is 30.6 Å². The Labute approximate surface area is 114 Å². The molecule has 4 heteroatoms. The van der Waals surface area contributed by atoms with Crippen LogP contribution in [0.1, 0.15) is 17.0 Å². The Balaban J connectivity index is 1.84. The molecule has 2 aromatic rings. The Morgan fingerprint density at radius 1 is 1.21 bits per heavy atom. The summed E-state index contributed by atoms with van der Waals surface area (Å²) in [5, 5.41) is 3.13. The molecule has 2 rings (SSSR count). The summed E-state index contributed by atoms with van der Waals surface area (Å²) in [4.78, 5) is 4.27. The van der Waals surface area contributed by atoms with Crippen LogP contribution >= 0.6 is 0 Å². The Morgan fingerprint density at radius 3 is 2.53 bits per heavy atom. The van der Waals surface area contributed by atoms with Crippen molar-refractivity contribution < 1.29 is 4.74 Å². The third-order valence-electron chi connectivity index (χ3n) is 3.25. The lowest BCUT2D eigenvalue weighted by atomic mass is 10.2. The first-order valence-corrected chi connectivity index (χ1v) is 6.55. The van der Waals surface area contributed by atoms with Crippen LogP contribution in [0.2, 0.25) is 0 Å². The second-order valence-corrected chi connectivity index (χ2v) is 4.63. The third-order valence-corrected chi connectivity index (χ3v) is 3.25. The second kappa shape index (κ2) is 6.38. The zero-order valence-corrected chi connectivity index (χ0v) is 11.8. The zero-order chi connectivity index (χ0) is 13.7. The van der Waals surface area contributed by atoms with Gasteiger partial charge in [0.05, 0.1) is 18.6 Å². The van der Waals surface area contributed by atoms with Gasteiger partial charge in [-0.2, -0.15) is 0 Å². The van der Waals surface area contributed by atoms with Crippen molar-refractivity contribution in [1.82, 2.24) is 14.9 Å². The number of benzene rings is 1. The van der Waals surface area contributed by atoms with Gasteiger partial charge in [-0.1, -0.05) is 12.1 Å². The van der Waals surface area contributed by atoms with Crippen molar-refractivity contribution in [3.05, 3.63) is 47.5 Å². The first-order valence-electron chi connectivity index (χ1n) is 6.55. The van der Waals surface area contributed by atoms with E-state index in [0.29, 0.717) is 6.61 Å². The lowest BCUT2D eigenvalue weighted by Crippen LogP contribution is -2.09. The summed E-state index contributed by atoms with van der Waals surface area (Å²) in [7, 11) is 1.94. The highest BCUT2D eigenvalue weighted by molar-refractivity contribution is 5.27. The first-order chi connectivity index (χ1) is 9.20. The van der Waals surface area contributed by atoms with E-state index in [4.69, 9.17) is 4.74 Å². The predicted molar refractivity (Wildman–Crippen MR) is 76.4 cm³/mol. The smallest absolute Gasteiger partial charge is 0.119 e. The maximum Gasteiger partial charge on any atom is 0.119 e. The van der Waals surface area contributed by atoms with Gasteiger partial charge in [0.15, 0.2) is 0 Å². The SMILES string of the molecule is CNCc1ccc(OCCn2cnc(C)c2C)cc1. The van der Waals surface area contributed by atoms with E-state index < -0.39 is 0 Å². The summed E-state index contributed by atoms with van der Waals surface area (Å²) in [5.74, 6) is 0.911. The van der Waals surface area contributed by atoms with Crippen LogP contribution in [-0.4, -0.2) is 23.2 Å². The van der Waals surface area contributed by atoms with Gasteiger partial charge in [0.2, 0.25) is 0 Å². The Bertz CT molecular complexity index is 517. The van der Waals surface area contributed by atoms with Crippen LogP contribution in [0.25, 0.3) is 0 Å². The van der Waals surface area contributed by atoms with Gasteiger partial charge in [0.25, 0.3) is 0 Å². The Kier molecular flexibility index (Phi) is 4.58. The number of rotatable bonds is 6. The third kappa shape index (κ3) is 3.58. The minimum atomic E-state index is 0.655. The highest BCUT2D eigenvalue weighted by atomic mass is 16.5. The Hall–Kier alpha value is -1.81. The molecule has 4 nitrogen and oxygen atoms in total. The van der Waals surface area contributed by atoms with E-state index in [1.54, 1.807) is 0 Å². The normalized spacial score (nSPS) is 10.7. The van der Waals surface area contributed by atoms with Crippen LogP contribution in [0, 0.1) is 13.8 Å². The van der Waals surface area contributed by atoms with Crippen molar-refractivity contribution in [1.29, 1.82) is 0 Å². The minimum Gasteiger partial charge on any atom is -0.492 e. The molecular formula is C15H21N3O. The van der Waals surface area contributed by atoms with Crippen molar-refractivity contribution in [2.24, 2.45) is 0 Å². The van der Waals surface area contributed by atoms with Crippen molar-refractivity contribution in [3.8, 4) is 5.75 Å². The molecule has 0 aliphatic rings. The average Bonchev–Trinajstić information content (AvgIpc) is 2.73. The fourth-order valence-electron chi connectivity index (χ4n) is 1.94. The van der Waals surface area contributed by atoms with E-state index >= 15 is 0 Å². The molecule has 0 saturated heterocycles. The van der Waals surface area contributed by atoms with Crippen LogP contribution in [0.3, 0.4) is 0 Å². The van der Waals surface area contributed by atoms with Gasteiger partial charge in [-0.15, -0.1) is 0 Å². The van der Waals surface area contributed by atoms with Crippen molar-refractivity contribution in [2.45, 2.75) is 26.9 Å². The van der Waals surface area contributed by atoms with Crippen molar-refractivity contribution in [2.75, 3.05) is 13.7 Å². The number of hydrogen-bond donors (Lipinski definition) is 1. The highest BCUT2D eigenvalue weighted by Crippen LogP contribution is 2.12. The number of aromatic nitrogens is 2.